The minimum Gasteiger partial charge on any atom is -0.496 e. The van der Waals surface area contributed by atoms with Crippen LogP contribution in [0.4, 0.5) is 0 Å². The van der Waals surface area contributed by atoms with E-state index in [0.29, 0.717) is 0 Å². The summed E-state index contributed by atoms with van der Waals surface area (Å²) in [7, 11) is 1.73. The number of benzene rings is 2. The van der Waals surface area contributed by atoms with E-state index in [2.05, 4.69) is 57.2 Å². The number of methoxy groups -OCH3 is 1. The summed E-state index contributed by atoms with van der Waals surface area (Å²) in [5, 5.41) is 0. The Morgan fingerprint density at radius 1 is 0.765 bits per heavy atom. The molecule has 0 bridgehead atoms. The van der Waals surface area contributed by atoms with Gasteiger partial charge in [0.05, 0.1) is 7.11 Å². The summed E-state index contributed by atoms with van der Waals surface area (Å²) in [5.74, 6) is 0.947. The quantitative estimate of drug-likeness (QED) is 0.742. The van der Waals surface area contributed by atoms with Crippen molar-refractivity contribution in [3.8, 4) is 16.9 Å². The van der Waals surface area contributed by atoms with Crippen molar-refractivity contribution < 1.29 is 4.74 Å². The van der Waals surface area contributed by atoms with E-state index in [4.69, 9.17) is 4.74 Å². The molecule has 2 aromatic rings. The van der Waals surface area contributed by atoms with Gasteiger partial charge in [0.2, 0.25) is 0 Å². The second-order valence-electron chi connectivity index (χ2n) is 4.45. The Kier molecular flexibility index (Phi) is 3.19. The smallest absolute Gasteiger partial charge is 0.126 e. The highest BCUT2D eigenvalue weighted by molar-refractivity contribution is 5.74. The first kappa shape index (κ1) is 11.7. The van der Waals surface area contributed by atoms with Crippen LogP contribution < -0.4 is 4.74 Å². The molecule has 1 heteroatoms. The van der Waals surface area contributed by atoms with E-state index < -0.39 is 0 Å². The van der Waals surface area contributed by atoms with Crippen molar-refractivity contribution in [2.24, 2.45) is 0 Å². The highest BCUT2D eigenvalue weighted by Crippen LogP contribution is 2.34. The molecule has 0 atom stereocenters. The van der Waals surface area contributed by atoms with Crippen molar-refractivity contribution in [1.82, 2.24) is 0 Å². The lowest BCUT2D eigenvalue weighted by Crippen LogP contribution is -1.93. The van der Waals surface area contributed by atoms with Crippen LogP contribution in [0.25, 0.3) is 11.1 Å². The molecule has 0 aromatic heterocycles. The number of rotatable bonds is 2. The molecule has 17 heavy (non-hydrogen) atoms. The van der Waals surface area contributed by atoms with Gasteiger partial charge in [0.1, 0.15) is 5.75 Å². The summed E-state index contributed by atoms with van der Waals surface area (Å²) in [6.07, 6.45) is 0. The topological polar surface area (TPSA) is 9.23 Å². The van der Waals surface area contributed by atoms with Gasteiger partial charge < -0.3 is 4.74 Å². The third-order valence-electron chi connectivity index (χ3n) is 3.25. The molecule has 1 nitrogen and oxygen atoms in total. The normalized spacial score (nSPS) is 10.4. The molecule has 2 rings (SSSR count). The fraction of sp³-hybridized carbons (Fsp3) is 0.250. The zero-order valence-electron chi connectivity index (χ0n) is 10.9. The second kappa shape index (κ2) is 4.62. The Labute approximate surface area is 103 Å². The van der Waals surface area contributed by atoms with Crippen LogP contribution in [0.2, 0.25) is 0 Å². The van der Waals surface area contributed by atoms with Gasteiger partial charge in [-0.25, -0.2) is 0 Å². The Balaban J connectivity index is 2.67. The van der Waals surface area contributed by atoms with Crippen LogP contribution in [0.1, 0.15) is 16.7 Å². The molecule has 0 radical (unpaired) electrons. The van der Waals surface area contributed by atoms with Gasteiger partial charge >= 0.3 is 0 Å². The van der Waals surface area contributed by atoms with Crippen molar-refractivity contribution >= 4 is 0 Å². The van der Waals surface area contributed by atoms with Crippen molar-refractivity contribution in [3.63, 3.8) is 0 Å². The third-order valence-corrected chi connectivity index (χ3v) is 3.25. The maximum Gasteiger partial charge on any atom is 0.126 e. The van der Waals surface area contributed by atoms with E-state index in [1.54, 1.807) is 7.11 Å². The van der Waals surface area contributed by atoms with Crippen LogP contribution in [0, 0.1) is 20.8 Å². The van der Waals surface area contributed by atoms with Crippen molar-refractivity contribution in [2.75, 3.05) is 7.11 Å². The second-order valence-corrected chi connectivity index (χ2v) is 4.45. The van der Waals surface area contributed by atoms with Gasteiger partial charge in [0.15, 0.2) is 0 Å². The third kappa shape index (κ3) is 2.19. The lowest BCUT2D eigenvalue weighted by atomic mass is 9.96. The standard InChI is InChI=1S/C16H18O/c1-11-7-5-6-8-14(11)15-9-12(2)13(3)10-16(15)17-4/h5-10H,1-4H3. The Morgan fingerprint density at radius 2 is 1.41 bits per heavy atom. The molecule has 0 fully saturated rings. The summed E-state index contributed by atoms with van der Waals surface area (Å²) in [5.41, 5.74) is 6.25. The first-order valence-electron chi connectivity index (χ1n) is 5.84. The maximum absolute atomic E-state index is 5.49. The predicted molar refractivity (Wildman–Crippen MR) is 72.6 cm³/mol. The van der Waals surface area contributed by atoms with E-state index >= 15 is 0 Å². The number of ether oxygens (including phenoxy) is 1. The van der Waals surface area contributed by atoms with E-state index in [1.165, 1.54) is 27.8 Å². The zero-order valence-corrected chi connectivity index (χ0v) is 10.9. The maximum atomic E-state index is 5.49. The largest absolute Gasteiger partial charge is 0.496 e. The zero-order chi connectivity index (χ0) is 12.4. The Bertz CT molecular complexity index is 541. The molecule has 0 unspecified atom stereocenters. The van der Waals surface area contributed by atoms with Gasteiger partial charge in [-0.05, 0) is 55.2 Å². The monoisotopic (exact) mass is 226 g/mol. The van der Waals surface area contributed by atoms with Crippen LogP contribution in [0.15, 0.2) is 36.4 Å². The molecule has 0 aliphatic heterocycles. The first-order chi connectivity index (χ1) is 8.13. The Hall–Kier alpha value is -1.76. The summed E-state index contributed by atoms with van der Waals surface area (Å²) in [6.45, 7) is 6.37. The predicted octanol–water partition coefficient (Wildman–Crippen LogP) is 4.29. The van der Waals surface area contributed by atoms with E-state index in [-0.39, 0.29) is 0 Å². The number of hydrogen-bond acceptors (Lipinski definition) is 1. The van der Waals surface area contributed by atoms with Crippen molar-refractivity contribution in [3.05, 3.63) is 53.1 Å². The fourth-order valence-corrected chi connectivity index (χ4v) is 2.04. The lowest BCUT2D eigenvalue weighted by molar-refractivity contribution is 0.416. The van der Waals surface area contributed by atoms with Gasteiger partial charge in [-0.3, -0.25) is 0 Å². The lowest BCUT2D eigenvalue weighted by Gasteiger charge is -2.13. The van der Waals surface area contributed by atoms with Crippen LogP contribution >= 0.6 is 0 Å². The first-order valence-corrected chi connectivity index (χ1v) is 5.84. The fourth-order valence-electron chi connectivity index (χ4n) is 2.04. The molecule has 0 saturated heterocycles. The highest BCUT2D eigenvalue weighted by Gasteiger charge is 2.09. The molecular weight excluding hydrogens is 208 g/mol. The minimum atomic E-state index is 0.947. The number of aryl methyl sites for hydroxylation is 3. The van der Waals surface area contributed by atoms with Crippen LogP contribution in [0.5, 0.6) is 5.75 Å². The van der Waals surface area contributed by atoms with Crippen molar-refractivity contribution in [1.29, 1.82) is 0 Å². The summed E-state index contributed by atoms with van der Waals surface area (Å²) < 4.78 is 5.49. The highest BCUT2D eigenvalue weighted by atomic mass is 16.5. The molecule has 88 valence electrons. The number of hydrogen-bond donors (Lipinski definition) is 0. The molecule has 0 saturated carbocycles. The molecule has 0 heterocycles. The van der Waals surface area contributed by atoms with Gasteiger partial charge in [-0.2, -0.15) is 0 Å². The van der Waals surface area contributed by atoms with Crippen LogP contribution in [-0.2, 0) is 0 Å². The summed E-state index contributed by atoms with van der Waals surface area (Å²) in [6, 6.07) is 12.7. The van der Waals surface area contributed by atoms with Crippen LogP contribution in [-0.4, -0.2) is 7.11 Å². The van der Waals surface area contributed by atoms with Gasteiger partial charge in [0, 0.05) is 5.56 Å². The summed E-state index contributed by atoms with van der Waals surface area (Å²) >= 11 is 0. The summed E-state index contributed by atoms with van der Waals surface area (Å²) in [4.78, 5) is 0. The van der Waals surface area contributed by atoms with Gasteiger partial charge in [-0.15, -0.1) is 0 Å². The van der Waals surface area contributed by atoms with Crippen molar-refractivity contribution in [2.45, 2.75) is 20.8 Å². The molecule has 0 spiro atoms. The van der Waals surface area contributed by atoms with Gasteiger partial charge in [-0.1, -0.05) is 24.3 Å². The minimum absolute atomic E-state index is 0.947. The molecule has 2 aromatic carbocycles. The molecule has 0 aliphatic carbocycles. The molecule has 0 aliphatic rings. The molecule has 0 N–H and O–H groups in total. The van der Waals surface area contributed by atoms with Crippen LogP contribution in [0.3, 0.4) is 0 Å². The average Bonchev–Trinajstić information content (AvgIpc) is 2.33. The van der Waals surface area contributed by atoms with Gasteiger partial charge in [0.25, 0.3) is 0 Å². The SMILES string of the molecule is COc1cc(C)c(C)cc1-c1ccccc1C. The Morgan fingerprint density at radius 3 is 2.06 bits per heavy atom. The average molecular weight is 226 g/mol. The van der Waals surface area contributed by atoms with E-state index in [9.17, 15) is 0 Å². The van der Waals surface area contributed by atoms with E-state index in [0.717, 1.165) is 5.75 Å². The van der Waals surface area contributed by atoms with E-state index in [1.807, 2.05) is 0 Å². The molecular formula is C16H18O. The molecule has 0 amide bonds.